The lowest BCUT2D eigenvalue weighted by atomic mass is 10.0. The third kappa shape index (κ3) is 4.66. The van der Waals surface area contributed by atoms with Gasteiger partial charge in [0, 0.05) is 37.4 Å². The predicted molar refractivity (Wildman–Crippen MR) is 131 cm³/mol. The number of anilines is 1. The second-order valence-corrected chi connectivity index (χ2v) is 11.2. The standard InChI is InChI=1S/C26H33N3O3S/c1-2-20-7-9-24(10-8-20)29(23-5-3-4-6-23)33(30,31)25-11-12-26-22(17-25)19-28(27-26)18-21-13-15-32-16-14-21/h7-12,17,19,21,23H,2-6,13-16,18H2,1H3. The van der Waals surface area contributed by atoms with Crippen LogP contribution in [-0.2, 0) is 27.7 Å². The van der Waals surface area contributed by atoms with E-state index in [2.05, 4.69) is 6.92 Å². The van der Waals surface area contributed by atoms with Crippen LogP contribution in [0.1, 0.15) is 51.0 Å². The molecule has 1 aliphatic carbocycles. The SMILES string of the molecule is CCc1ccc(N(C2CCCC2)S(=O)(=O)c2ccc3nn(CC4CCOCC4)cc3c2)cc1. The number of aryl methyl sites for hydroxylation is 1. The molecule has 0 unspecified atom stereocenters. The second-order valence-electron chi connectivity index (χ2n) is 9.39. The van der Waals surface area contributed by atoms with Gasteiger partial charge in [-0.15, -0.1) is 0 Å². The summed E-state index contributed by atoms with van der Waals surface area (Å²) in [6.45, 7) is 4.57. The molecule has 1 saturated carbocycles. The molecule has 3 aromatic rings. The van der Waals surface area contributed by atoms with Crippen LogP contribution in [0.5, 0.6) is 0 Å². The average Bonchev–Trinajstić information content (AvgIpc) is 3.49. The van der Waals surface area contributed by atoms with Gasteiger partial charge in [0.1, 0.15) is 0 Å². The summed E-state index contributed by atoms with van der Waals surface area (Å²) in [4.78, 5) is 0.340. The first-order chi connectivity index (χ1) is 16.0. The van der Waals surface area contributed by atoms with E-state index in [1.54, 1.807) is 16.4 Å². The van der Waals surface area contributed by atoms with E-state index < -0.39 is 10.0 Å². The molecule has 2 heterocycles. The highest BCUT2D eigenvalue weighted by Crippen LogP contribution is 2.34. The molecule has 1 saturated heterocycles. The maximum atomic E-state index is 13.9. The Labute approximate surface area is 196 Å². The molecule has 7 heteroatoms. The Balaban J connectivity index is 1.47. The Morgan fingerprint density at radius 1 is 1.03 bits per heavy atom. The number of hydrogen-bond acceptors (Lipinski definition) is 4. The number of ether oxygens (including phenoxy) is 1. The molecule has 0 atom stereocenters. The summed E-state index contributed by atoms with van der Waals surface area (Å²) in [6.07, 6.45) is 8.96. The Kier molecular flexibility index (Phi) is 6.43. The van der Waals surface area contributed by atoms with Gasteiger partial charge in [0.15, 0.2) is 0 Å². The van der Waals surface area contributed by atoms with Crippen molar-refractivity contribution in [3.63, 3.8) is 0 Å². The van der Waals surface area contributed by atoms with Gasteiger partial charge >= 0.3 is 0 Å². The molecule has 2 aliphatic rings. The first kappa shape index (κ1) is 22.4. The zero-order chi connectivity index (χ0) is 22.8. The summed E-state index contributed by atoms with van der Waals surface area (Å²) in [5, 5.41) is 5.57. The quantitative estimate of drug-likeness (QED) is 0.481. The molecular formula is C26H33N3O3S. The van der Waals surface area contributed by atoms with Gasteiger partial charge in [0.25, 0.3) is 10.0 Å². The van der Waals surface area contributed by atoms with Crippen LogP contribution in [0.2, 0.25) is 0 Å². The molecule has 0 radical (unpaired) electrons. The van der Waals surface area contributed by atoms with Gasteiger partial charge in [0.2, 0.25) is 0 Å². The van der Waals surface area contributed by atoms with Crippen molar-refractivity contribution < 1.29 is 13.2 Å². The highest BCUT2D eigenvalue weighted by Gasteiger charge is 2.33. The van der Waals surface area contributed by atoms with Crippen molar-refractivity contribution >= 4 is 26.6 Å². The third-order valence-corrected chi connectivity index (χ3v) is 9.00. The fraction of sp³-hybridized carbons (Fsp3) is 0.500. The molecule has 1 aromatic heterocycles. The fourth-order valence-corrected chi connectivity index (χ4v) is 6.92. The van der Waals surface area contributed by atoms with Crippen LogP contribution in [0.25, 0.3) is 10.9 Å². The number of hydrogen-bond donors (Lipinski definition) is 0. The average molecular weight is 468 g/mol. The molecule has 176 valence electrons. The molecule has 0 spiro atoms. The van der Waals surface area contributed by atoms with E-state index in [0.29, 0.717) is 10.8 Å². The Morgan fingerprint density at radius 3 is 2.45 bits per heavy atom. The maximum Gasteiger partial charge on any atom is 0.264 e. The summed E-state index contributed by atoms with van der Waals surface area (Å²) < 4.78 is 37.0. The number of benzene rings is 2. The van der Waals surface area contributed by atoms with E-state index in [0.717, 1.165) is 81.3 Å². The summed E-state index contributed by atoms with van der Waals surface area (Å²) in [5.41, 5.74) is 2.80. The van der Waals surface area contributed by atoms with E-state index in [1.807, 2.05) is 41.2 Å². The van der Waals surface area contributed by atoms with E-state index >= 15 is 0 Å². The minimum absolute atomic E-state index is 0.00872. The van der Waals surface area contributed by atoms with Gasteiger partial charge in [-0.1, -0.05) is 31.9 Å². The fourth-order valence-electron chi connectivity index (χ4n) is 5.18. The van der Waals surface area contributed by atoms with Crippen LogP contribution in [0.3, 0.4) is 0 Å². The summed E-state index contributed by atoms with van der Waals surface area (Å²) in [6, 6.07) is 13.3. The molecule has 6 nitrogen and oxygen atoms in total. The van der Waals surface area contributed by atoms with Crippen LogP contribution in [0, 0.1) is 5.92 Å². The number of fused-ring (bicyclic) bond motifs is 1. The van der Waals surface area contributed by atoms with Crippen LogP contribution < -0.4 is 4.31 Å². The highest BCUT2D eigenvalue weighted by molar-refractivity contribution is 7.92. The van der Waals surface area contributed by atoms with Crippen molar-refractivity contribution in [1.82, 2.24) is 9.78 Å². The van der Waals surface area contributed by atoms with Crippen molar-refractivity contribution in [2.24, 2.45) is 5.92 Å². The molecule has 5 rings (SSSR count). The lowest BCUT2D eigenvalue weighted by Gasteiger charge is -2.30. The topological polar surface area (TPSA) is 64.4 Å². The number of sulfonamides is 1. The lowest BCUT2D eigenvalue weighted by Crippen LogP contribution is -2.39. The van der Waals surface area contributed by atoms with E-state index in [9.17, 15) is 8.42 Å². The normalized spacial score (nSPS) is 18.2. The van der Waals surface area contributed by atoms with Gasteiger partial charge in [-0.3, -0.25) is 8.99 Å². The molecule has 0 N–H and O–H groups in total. The number of nitrogens with zero attached hydrogens (tertiary/aromatic N) is 3. The highest BCUT2D eigenvalue weighted by atomic mass is 32.2. The Bertz CT molecular complexity index is 1190. The number of aromatic nitrogens is 2. The molecule has 2 fully saturated rings. The van der Waals surface area contributed by atoms with Gasteiger partial charge in [-0.05, 0) is 73.9 Å². The van der Waals surface area contributed by atoms with E-state index in [-0.39, 0.29) is 6.04 Å². The van der Waals surface area contributed by atoms with Crippen LogP contribution in [0.15, 0.2) is 53.6 Å². The van der Waals surface area contributed by atoms with Crippen molar-refractivity contribution in [2.75, 3.05) is 17.5 Å². The van der Waals surface area contributed by atoms with Crippen molar-refractivity contribution in [1.29, 1.82) is 0 Å². The first-order valence-electron chi connectivity index (χ1n) is 12.2. The molecular weight excluding hydrogens is 434 g/mol. The van der Waals surface area contributed by atoms with Crippen molar-refractivity contribution in [3.05, 3.63) is 54.2 Å². The van der Waals surface area contributed by atoms with Crippen LogP contribution in [-0.4, -0.2) is 37.5 Å². The van der Waals surface area contributed by atoms with Gasteiger partial charge in [-0.2, -0.15) is 5.10 Å². The van der Waals surface area contributed by atoms with E-state index in [4.69, 9.17) is 9.84 Å². The van der Waals surface area contributed by atoms with Gasteiger partial charge < -0.3 is 4.74 Å². The number of rotatable bonds is 7. The monoisotopic (exact) mass is 467 g/mol. The Hall–Kier alpha value is -2.38. The minimum atomic E-state index is -3.69. The largest absolute Gasteiger partial charge is 0.381 e. The van der Waals surface area contributed by atoms with E-state index in [1.165, 1.54) is 5.56 Å². The predicted octanol–water partition coefficient (Wildman–Crippen LogP) is 5.16. The third-order valence-electron chi connectivity index (χ3n) is 7.12. The smallest absolute Gasteiger partial charge is 0.264 e. The molecule has 1 aliphatic heterocycles. The molecule has 0 amide bonds. The zero-order valence-electron chi connectivity index (χ0n) is 19.3. The summed E-state index contributed by atoms with van der Waals surface area (Å²) in [7, 11) is -3.69. The lowest BCUT2D eigenvalue weighted by molar-refractivity contribution is 0.0602. The summed E-state index contributed by atoms with van der Waals surface area (Å²) in [5.74, 6) is 0.556. The second kappa shape index (κ2) is 9.47. The van der Waals surface area contributed by atoms with Crippen molar-refractivity contribution in [3.8, 4) is 0 Å². The molecule has 33 heavy (non-hydrogen) atoms. The van der Waals surface area contributed by atoms with Crippen molar-refractivity contribution in [2.45, 2.75) is 69.4 Å². The van der Waals surface area contributed by atoms with Crippen LogP contribution in [0.4, 0.5) is 5.69 Å². The van der Waals surface area contributed by atoms with Crippen LogP contribution >= 0.6 is 0 Å². The van der Waals surface area contributed by atoms with Gasteiger partial charge in [-0.25, -0.2) is 8.42 Å². The minimum Gasteiger partial charge on any atom is -0.381 e. The maximum absolute atomic E-state index is 13.9. The zero-order valence-corrected chi connectivity index (χ0v) is 20.1. The summed E-state index contributed by atoms with van der Waals surface area (Å²) >= 11 is 0. The molecule has 2 aromatic carbocycles. The van der Waals surface area contributed by atoms with Gasteiger partial charge in [0.05, 0.1) is 16.1 Å². The first-order valence-corrected chi connectivity index (χ1v) is 13.7. The Morgan fingerprint density at radius 2 is 1.76 bits per heavy atom. The molecule has 0 bridgehead atoms.